The second-order valence-electron chi connectivity index (χ2n) is 5.06. The molecule has 110 valence electrons. The number of ether oxygens (including phenoxy) is 1. The van der Waals surface area contributed by atoms with Gasteiger partial charge in [0.05, 0.1) is 7.11 Å². The van der Waals surface area contributed by atoms with Gasteiger partial charge in [0.1, 0.15) is 11.6 Å². The first-order chi connectivity index (χ1) is 9.35. The fraction of sp³-hybridized carbons (Fsp3) is 0.500. The molecule has 0 aromatic carbocycles. The van der Waals surface area contributed by atoms with E-state index in [1.54, 1.807) is 13.0 Å². The Kier molecular flexibility index (Phi) is 5.49. The molecule has 2 N–H and O–H groups in total. The summed E-state index contributed by atoms with van der Waals surface area (Å²) in [7, 11) is 1.26. The number of carbonyl (C=O) groups is 2. The van der Waals surface area contributed by atoms with Gasteiger partial charge in [-0.15, -0.1) is 0 Å². The van der Waals surface area contributed by atoms with Gasteiger partial charge in [-0.25, -0.2) is 4.79 Å². The van der Waals surface area contributed by atoms with E-state index in [2.05, 4.69) is 15.0 Å². The number of carbonyl (C=O) groups excluding carboxylic acids is 2. The van der Waals surface area contributed by atoms with Gasteiger partial charge in [0.15, 0.2) is 0 Å². The predicted molar refractivity (Wildman–Crippen MR) is 74.5 cm³/mol. The van der Waals surface area contributed by atoms with Crippen LogP contribution in [0.2, 0.25) is 0 Å². The molecular weight excluding hydrogens is 260 g/mol. The number of amides is 1. The molecule has 0 saturated carbocycles. The van der Waals surface area contributed by atoms with E-state index in [1.807, 2.05) is 13.8 Å². The zero-order valence-electron chi connectivity index (χ0n) is 12.1. The minimum Gasteiger partial charge on any atom is -0.467 e. The number of rotatable bonds is 5. The maximum Gasteiger partial charge on any atom is 0.328 e. The Morgan fingerprint density at radius 3 is 2.50 bits per heavy atom. The van der Waals surface area contributed by atoms with E-state index in [9.17, 15) is 14.4 Å². The molecule has 1 aromatic rings. The van der Waals surface area contributed by atoms with Crippen LogP contribution in [0.3, 0.4) is 0 Å². The van der Waals surface area contributed by atoms with E-state index >= 15 is 0 Å². The molecular formula is C14H20N2O4. The van der Waals surface area contributed by atoms with Gasteiger partial charge in [0, 0.05) is 5.69 Å². The average Bonchev–Trinajstić information content (AvgIpc) is 2.36. The van der Waals surface area contributed by atoms with Crippen LogP contribution < -0.4 is 10.9 Å². The Bertz CT molecular complexity index is 548. The van der Waals surface area contributed by atoms with E-state index in [0.29, 0.717) is 12.1 Å². The van der Waals surface area contributed by atoms with Crippen molar-refractivity contribution in [3.8, 4) is 0 Å². The van der Waals surface area contributed by atoms with Gasteiger partial charge >= 0.3 is 5.97 Å². The zero-order chi connectivity index (χ0) is 15.3. The first-order valence-electron chi connectivity index (χ1n) is 6.43. The number of hydrogen-bond acceptors (Lipinski definition) is 4. The van der Waals surface area contributed by atoms with Crippen molar-refractivity contribution in [3.05, 3.63) is 33.7 Å². The maximum atomic E-state index is 12.1. The van der Waals surface area contributed by atoms with Crippen molar-refractivity contribution < 1.29 is 14.3 Å². The molecule has 0 spiro atoms. The van der Waals surface area contributed by atoms with Crippen molar-refractivity contribution >= 4 is 11.9 Å². The molecule has 1 atom stereocenters. The monoisotopic (exact) mass is 280 g/mol. The molecule has 1 amide bonds. The lowest BCUT2D eigenvalue weighted by atomic mass is 10.0. The summed E-state index contributed by atoms with van der Waals surface area (Å²) in [6, 6.07) is 2.31. The number of esters is 1. The van der Waals surface area contributed by atoms with Crippen molar-refractivity contribution in [1.82, 2.24) is 10.3 Å². The number of pyridine rings is 1. The normalized spacial score (nSPS) is 12.1. The molecule has 0 aliphatic carbocycles. The van der Waals surface area contributed by atoms with Crippen LogP contribution in [0.15, 0.2) is 16.9 Å². The third kappa shape index (κ3) is 4.22. The lowest BCUT2D eigenvalue weighted by Gasteiger charge is -2.18. The summed E-state index contributed by atoms with van der Waals surface area (Å²) in [5.74, 6) is -0.895. The maximum absolute atomic E-state index is 12.1. The van der Waals surface area contributed by atoms with Crippen LogP contribution in [0, 0.1) is 12.8 Å². The van der Waals surface area contributed by atoms with Crippen LogP contribution in [-0.4, -0.2) is 30.0 Å². The molecule has 6 nitrogen and oxygen atoms in total. The van der Waals surface area contributed by atoms with Crippen LogP contribution in [-0.2, 0) is 9.53 Å². The Morgan fingerprint density at radius 1 is 1.35 bits per heavy atom. The van der Waals surface area contributed by atoms with E-state index in [0.717, 1.165) is 0 Å². The highest BCUT2D eigenvalue weighted by molar-refractivity contribution is 5.96. The Hall–Kier alpha value is -2.11. The van der Waals surface area contributed by atoms with Crippen LogP contribution in [0.4, 0.5) is 0 Å². The lowest BCUT2D eigenvalue weighted by Crippen LogP contribution is -2.43. The van der Waals surface area contributed by atoms with Crippen LogP contribution >= 0.6 is 0 Å². The highest BCUT2D eigenvalue weighted by Gasteiger charge is 2.24. The quantitative estimate of drug-likeness (QED) is 0.788. The summed E-state index contributed by atoms with van der Waals surface area (Å²) in [4.78, 5) is 37.9. The van der Waals surface area contributed by atoms with E-state index in [-0.39, 0.29) is 11.5 Å². The summed E-state index contributed by atoms with van der Waals surface area (Å²) < 4.78 is 4.66. The highest BCUT2D eigenvalue weighted by Crippen LogP contribution is 2.07. The number of nitrogens with one attached hydrogen (secondary N) is 2. The van der Waals surface area contributed by atoms with Gasteiger partial charge in [0.25, 0.3) is 11.5 Å². The third-order valence-corrected chi connectivity index (χ3v) is 2.80. The number of aromatic amines is 1. The van der Waals surface area contributed by atoms with Crippen molar-refractivity contribution in [2.45, 2.75) is 33.2 Å². The summed E-state index contributed by atoms with van der Waals surface area (Å²) in [6.07, 6.45) is 0.447. The first-order valence-corrected chi connectivity index (χ1v) is 6.43. The summed E-state index contributed by atoms with van der Waals surface area (Å²) in [5, 5.41) is 2.54. The summed E-state index contributed by atoms with van der Waals surface area (Å²) in [5.41, 5.74) is 0.169. The summed E-state index contributed by atoms with van der Waals surface area (Å²) >= 11 is 0. The molecule has 1 rings (SSSR count). The van der Waals surface area contributed by atoms with E-state index in [4.69, 9.17) is 0 Å². The van der Waals surface area contributed by atoms with Crippen molar-refractivity contribution in [3.63, 3.8) is 0 Å². The fourth-order valence-corrected chi connectivity index (χ4v) is 1.81. The molecule has 0 aliphatic heterocycles. The smallest absolute Gasteiger partial charge is 0.328 e. The second-order valence-corrected chi connectivity index (χ2v) is 5.06. The third-order valence-electron chi connectivity index (χ3n) is 2.80. The van der Waals surface area contributed by atoms with Gasteiger partial charge in [-0.2, -0.15) is 0 Å². The lowest BCUT2D eigenvalue weighted by molar-refractivity contribution is -0.143. The van der Waals surface area contributed by atoms with Gasteiger partial charge in [0.2, 0.25) is 0 Å². The van der Waals surface area contributed by atoms with Crippen molar-refractivity contribution in [2.75, 3.05) is 7.11 Å². The van der Waals surface area contributed by atoms with Gasteiger partial charge < -0.3 is 15.0 Å². The number of hydrogen-bond donors (Lipinski definition) is 2. The Balaban J connectivity index is 2.90. The number of aryl methyl sites for hydroxylation is 1. The second kappa shape index (κ2) is 6.88. The molecule has 1 heterocycles. The molecule has 1 aromatic heterocycles. The Labute approximate surface area is 117 Å². The molecule has 1 unspecified atom stereocenters. The minimum atomic E-state index is -0.756. The predicted octanol–water partition coefficient (Wildman–Crippen LogP) is 1.00. The number of H-pyrrole nitrogens is 1. The van der Waals surface area contributed by atoms with E-state index in [1.165, 1.54) is 13.2 Å². The average molecular weight is 280 g/mol. The number of methoxy groups -OCH3 is 1. The molecule has 0 radical (unpaired) electrons. The van der Waals surface area contributed by atoms with Crippen molar-refractivity contribution in [2.24, 2.45) is 5.92 Å². The largest absolute Gasteiger partial charge is 0.467 e. The minimum absolute atomic E-state index is 0.0201. The van der Waals surface area contributed by atoms with Gasteiger partial charge in [-0.1, -0.05) is 13.8 Å². The SMILES string of the molecule is COC(=O)C(CC(C)C)NC(=O)c1ccc(C)[nH]c1=O. The van der Waals surface area contributed by atoms with Gasteiger partial charge in [-0.3, -0.25) is 9.59 Å². The fourth-order valence-electron chi connectivity index (χ4n) is 1.81. The zero-order valence-corrected chi connectivity index (χ0v) is 12.1. The summed E-state index contributed by atoms with van der Waals surface area (Å²) in [6.45, 7) is 5.58. The molecule has 20 heavy (non-hydrogen) atoms. The van der Waals surface area contributed by atoms with Crippen LogP contribution in [0.5, 0.6) is 0 Å². The Morgan fingerprint density at radius 2 is 2.00 bits per heavy atom. The molecule has 0 aliphatic rings. The van der Waals surface area contributed by atoms with E-state index < -0.39 is 23.5 Å². The van der Waals surface area contributed by atoms with Crippen LogP contribution in [0.25, 0.3) is 0 Å². The van der Waals surface area contributed by atoms with Gasteiger partial charge in [-0.05, 0) is 31.4 Å². The van der Waals surface area contributed by atoms with Crippen molar-refractivity contribution in [1.29, 1.82) is 0 Å². The molecule has 0 saturated heterocycles. The molecule has 0 bridgehead atoms. The standard InChI is InChI=1S/C14H20N2O4/c1-8(2)7-11(14(19)20-4)16-13(18)10-6-5-9(3)15-12(10)17/h5-6,8,11H,7H2,1-4H3,(H,15,17)(H,16,18). The first kappa shape index (κ1) is 15.9. The highest BCUT2D eigenvalue weighted by atomic mass is 16.5. The molecule has 6 heteroatoms. The molecule has 0 fully saturated rings. The number of aromatic nitrogens is 1. The van der Waals surface area contributed by atoms with Crippen LogP contribution in [0.1, 0.15) is 36.3 Å². The topological polar surface area (TPSA) is 88.3 Å².